The fourth-order valence-corrected chi connectivity index (χ4v) is 2.27. The first-order valence-electron chi connectivity index (χ1n) is 7.95. The van der Waals surface area contributed by atoms with Crippen molar-refractivity contribution >= 4 is 30.7 Å². The Labute approximate surface area is 159 Å². The predicted molar refractivity (Wildman–Crippen MR) is 107 cm³/mol. The second-order valence-electron chi connectivity index (χ2n) is 7.16. The number of halogens is 2. The molecule has 1 aromatic carbocycles. The zero-order valence-corrected chi connectivity index (χ0v) is 17.3. The van der Waals surface area contributed by atoms with Gasteiger partial charge in [0.25, 0.3) is 0 Å². The lowest BCUT2D eigenvalue weighted by atomic mass is 9.87. The fraction of sp³-hybridized carbons (Fsp3) is 0.611. The minimum atomic E-state index is -0.502. The summed E-state index contributed by atoms with van der Waals surface area (Å²) in [4.78, 5) is 14.3. The number of rotatable bonds is 6. The van der Waals surface area contributed by atoms with Crippen molar-refractivity contribution in [2.75, 3.05) is 20.6 Å². The van der Waals surface area contributed by atoms with Gasteiger partial charge in [0.1, 0.15) is 0 Å². The van der Waals surface area contributed by atoms with Gasteiger partial charge in [-0.05, 0) is 37.1 Å². The van der Waals surface area contributed by atoms with Crippen LogP contribution in [0.25, 0.3) is 0 Å². The number of carbonyl (C=O) groups is 1. The molecule has 0 aliphatic rings. The van der Waals surface area contributed by atoms with Crippen molar-refractivity contribution in [3.63, 3.8) is 0 Å². The molecule has 0 aromatic heterocycles. The number of amides is 1. The zero-order chi connectivity index (χ0) is 16.9. The molecule has 0 spiro atoms. The van der Waals surface area contributed by atoms with E-state index in [0.717, 1.165) is 6.42 Å². The number of carbonyl (C=O) groups excluding carboxylic acids is 1. The Hall–Kier alpha value is -0.810. The van der Waals surface area contributed by atoms with Gasteiger partial charge in [-0.1, -0.05) is 52.0 Å². The van der Waals surface area contributed by atoms with Crippen molar-refractivity contribution in [1.29, 1.82) is 0 Å². The minimum absolute atomic E-state index is 0. The van der Waals surface area contributed by atoms with Gasteiger partial charge in [-0.3, -0.25) is 4.79 Å². The lowest BCUT2D eigenvalue weighted by molar-refractivity contribution is -0.124. The molecule has 1 rings (SSSR count). The van der Waals surface area contributed by atoms with Gasteiger partial charge < -0.3 is 16.0 Å². The molecule has 1 aromatic rings. The topological polar surface area (TPSA) is 58.4 Å². The fourth-order valence-electron chi connectivity index (χ4n) is 2.27. The van der Waals surface area contributed by atoms with Gasteiger partial charge in [-0.25, -0.2) is 0 Å². The number of benzene rings is 1. The molecule has 140 valence electrons. The van der Waals surface area contributed by atoms with Crippen LogP contribution >= 0.6 is 24.8 Å². The third-order valence-corrected chi connectivity index (χ3v) is 4.08. The normalized spacial score (nSPS) is 13.5. The Bertz CT molecular complexity index is 484. The summed E-state index contributed by atoms with van der Waals surface area (Å²) in [5, 5.41) is 2.99. The van der Waals surface area contributed by atoms with Crippen LogP contribution in [0.3, 0.4) is 0 Å². The lowest BCUT2D eigenvalue weighted by Crippen LogP contribution is -2.50. The molecule has 3 N–H and O–H groups in total. The van der Waals surface area contributed by atoms with E-state index in [-0.39, 0.29) is 42.2 Å². The summed E-state index contributed by atoms with van der Waals surface area (Å²) in [6.07, 6.45) is 1.03. The van der Waals surface area contributed by atoms with Crippen LogP contribution in [0.5, 0.6) is 0 Å². The first-order valence-corrected chi connectivity index (χ1v) is 7.95. The van der Waals surface area contributed by atoms with E-state index in [9.17, 15) is 4.79 Å². The summed E-state index contributed by atoms with van der Waals surface area (Å²) in [5.74, 6) is -0.0930. The van der Waals surface area contributed by atoms with Gasteiger partial charge in [0.05, 0.1) is 12.1 Å². The first kappa shape index (κ1) is 25.4. The third-order valence-electron chi connectivity index (χ3n) is 4.08. The number of likely N-dealkylation sites (N-methyl/N-ethyl adjacent to an activating group) is 1. The molecule has 24 heavy (non-hydrogen) atoms. The molecule has 0 saturated carbocycles. The number of nitrogens with one attached hydrogen (secondary N) is 1. The highest BCUT2D eigenvalue weighted by Crippen LogP contribution is 2.20. The van der Waals surface area contributed by atoms with Gasteiger partial charge in [0.2, 0.25) is 5.91 Å². The molecule has 1 unspecified atom stereocenters. The molecule has 0 aliphatic carbocycles. The highest BCUT2D eigenvalue weighted by atomic mass is 35.5. The van der Waals surface area contributed by atoms with Crippen LogP contribution in [0.2, 0.25) is 0 Å². The number of aryl methyl sites for hydroxylation is 1. The quantitative estimate of drug-likeness (QED) is 0.799. The largest absolute Gasteiger partial charge is 0.353 e. The maximum atomic E-state index is 12.2. The highest BCUT2D eigenvalue weighted by Gasteiger charge is 2.28. The van der Waals surface area contributed by atoms with Gasteiger partial charge in [0.15, 0.2) is 0 Å². The van der Waals surface area contributed by atoms with E-state index in [1.54, 1.807) is 0 Å². The van der Waals surface area contributed by atoms with Crippen molar-refractivity contribution < 1.29 is 4.79 Å². The molecule has 0 bridgehead atoms. The van der Waals surface area contributed by atoms with Gasteiger partial charge in [-0.2, -0.15) is 0 Å². The molecule has 0 saturated heterocycles. The van der Waals surface area contributed by atoms with Crippen LogP contribution in [-0.4, -0.2) is 37.5 Å². The minimum Gasteiger partial charge on any atom is -0.353 e. The second kappa shape index (κ2) is 10.9. The molecule has 0 heterocycles. The van der Waals surface area contributed by atoms with Gasteiger partial charge in [0, 0.05) is 6.54 Å². The van der Waals surface area contributed by atoms with E-state index in [1.807, 2.05) is 34.9 Å². The Morgan fingerprint density at radius 3 is 2.04 bits per heavy atom. The number of nitrogens with zero attached hydrogens (tertiary/aromatic N) is 1. The third kappa shape index (κ3) is 7.39. The Balaban J connectivity index is 0. The van der Waals surface area contributed by atoms with Gasteiger partial charge in [-0.15, -0.1) is 24.8 Å². The van der Waals surface area contributed by atoms with Crippen LogP contribution in [0.15, 0.2) is 24.3 Å². The van der Waals surface area contributed by atoms with E-state index in [4.69, 9.17) is 5.73 Å². The molecule has 1 amide bonds. The lowest BCUT2D eigenvalue weighted by Gasteiger charge is -2.29. The average molecular weight is 378 g/mol. The van der Waals surface area contributed by atoms with E-state index in [1.165, 1.54) is 11.1 Å². The Morgan fingerprint density at radius 2 is 1.67 bits per heavy atom. The van der Waals surface area contributed by atoms with Crippen LogP contribution in [0, 0.1) is 5.41 Å². The molecule has 6 heteroatoms. The molecule has 0 radical (unpaired) electrons. The van der Waals surface area contributed by atoms with E-state index in [2.05, 4.69) is 41.4 Å². The average Bonchev–Trinajstić information content (AvgIpc) is 2.45. The summed E-state index contributed by atoms with van der Waals surface area (Å²) in [5.41, 5.74) is 8.29. The SMILES string of the molecule is CCc1ccc(C(CNC(=O)[C@@H](N)C(C)(C)C)N(C)C)cc1.Cl.Cl. The number of hydrogen-bond acceptors (Lipinski definition) is 3. The molecule has 0 fully saturated rings. The Morgan fingerprint density at radius 1 is 1.17 bits per heavy atom. The standard InChI is InChI=1S/C18H31N3O.2ClH/c1-7-13-8-10-14(11-9-13)15(21(5)6)12-20-17(22)16(19)18(2,3)4;;/h8-11,15-16H,7,12,19H2,1-6H3,(H,20,22);2*1H/t15?,16-;;/m1../s1. The zero-order valence-electron chi connectivity index (χ0n) is 15.6. The van der Waals surface area contributed by atoms with Crippen molar-refractivity contribution in [1.82, 2.24) is 10.2 Å². The molecular weight excluding hydrogens is 345 g/mol. The summed E-state index contributed by atoms with van der Waals surface area (Å²) >= 11 is 0. The summed E-state index contributed by atoms with van der Waals surface area (Å²) in [6.45, 7) is 8.63. The predicted octanol–water partition coefficient (Wildman–Crippen LogP) is 3.18. The first-order chi connectivity index (χ1) is 10.2. The van der Waals surface area contributed by atoms with E-state index >= 15 is 0 Å². The van der Waals surface area contributed by atoms with Crippen LogP contribution in [0.4, 0.5) is 0 Å². The second-order valence-corrected chi connectivity index (χ2v) is 7.16. The van der Waals surface area contributed by atoms with Gasteiger partial charge >= 0.3 is 0 Å². The number of nitrogens with two attached hydrogens (primary N) is 1. The molecule has 0 aliphatic heterocycles. The smallest absolute Gasteiger partial charge is 0.237 e. The van der Waals surface area contributed by atoms with Crippen molar-refractivity contribution in [2.24, 2.45) is 11.1 Å². The van der Waals surface area contributed by atoms with Crippen molar-refractivity contribution in [3.05, 3.63) is 35.4 Å². The van der Waals surface area contributed by atoms with Crippen LogP contribution in [-0.2, 0) is 11.2 Å². The van der Waals surface area contributed by atoms with Crippen molar-refractivity contribution in [2.45, 2.75) is 46.2 Å². The molecule has 2 atom stereocenters. The van der Waals surface area contributed by atoms with Crippen LogP contribution in [0.1, 0.15) is 44.9 Å². The van der Waals surface area contributed by atoms with Crippen molar-refractivity contribution in [3.8, 4) is 0 Å². The van der Waals surface area contributed by atoms with Crippen LogP contribution < -0.4 is 11.1 Å². The summed E-state index contributed by atoms with van der Waals surface area (Å²) in [6, 6.07) is 8.21. The summed E-state index contributed by atoms with van der Waals surface area (Å²) < 4.78 is 0. The number of hydrogen-bond donors (Lipinski definition) is 2. The highest BCUT2D eigenvalue weighted by molar-refractivity contribution is 5.85. The monoisotopic (exact) mass is 377 g/mol. The van der Waals surface area contributed by atoms with E-state index in [0.29, 0.717) is 6.54 Å². The van der Waals surface area contributed by atoms with E-state index < -0.39 is 6.04 Å². The Kier molecular flexibility index (Phi) is 11.6. The summed E-state index contributed by atoms with van der Waals surface area (Å²) in [7, 11) is 4.04. The molecular formula is C18H33Cl2N3O. The molecule has 4 nitrogen and oxygen atoms in total. The maximum absolute atomic E-state index is 12.2. The maximum Gasteiger partial charge on any atom is 0.237 e.